The molecule has 1 rings (SSSR count). The summed E-state index contributed by atoms with van der Waals surface area (Å²) >= 11 is 0. The molecule has 0 aliphatic rings. The van der Waals surface area contributed by atoms with Crippen LogP contribution in [0.2, 0.25) is 0 Å². The molecule has 1 unspecified atom stereocenters. The highest BCUT2D eigenvalue weighted by Crippen LogP contribution is 2.05. The second-order valence-corrected chi connectivity index (χ2v) is 4.88. The molecule has 0 radical (unpaired) electrons. The first-order valence-corrected chi connectivity index (χ1v) is 6.04. The number of H-pyrrole nitrogens is 1. The van der Waals surface area contributed by atoms with E-state index in [1.807, 2.05) is 0 Å². The molecule has 0 spiro atoms. The molecule has 3 N–H and O–H groups in total. The lowest BCUT2D eigenvalue weighted by atomic mass is 10.4. The number of nitrogens with one attached hydrogen (secondary N) is 2. The van der Waals surface area contributed by atoms with Gasteiger partial charge in [0.25, 0.3) is 0 Å². The molecular weight excluding hydrogens is 222 g/mol. The van der Waals surface area contributed by atoms with Gasteiger partial charge >= 0.3 is 0 Å². The van der Waals surface area contributed by atoms with Crippen LogP contribution in [0.25, 0.3) is 0 Å². The number of aliphatic hydroxyl groups is 1. The maximum absolute atomic E-state index is 11.4. The Morgan fingerprint density at radius 2 is 2.33 bits per heavy atom. The number of aromatic nitrogens is 4. The largest absolute Gasteiger partial charge is 0.396 e. The highest BCUT2D eigenvalue weighted by Gasteiger charge is 2.17. The monoisotopic (exact) mass is 235 g/mol. The summed E-state index contributed by atoms with van der Waals surface area (Å²) in [5.74, 6) is 0.161. The van der Waals surface area contributed by atoms with Gasteiger partial charge in [0.05, 0.1) is 11.8 Å². The van der Waals surface area contributed by atoms with Gasteiger partial charge in [-0.25, -0.2) is 13.1 Å². The summed E-state index contributed by atoms with van der Waals surface area (Å²) in [7, 11) is -3.40. The van der Waals surface area contributed by atoms with Crippen molar-refractivity contribution < 1.29 is 13.5 Å². The number of aromatic amines is 1. The van der Waals surface area contributed by atoms with Crippen molar-refractivity contribution in [3.8, 4) is 0 Å². The second-order valence-electron chi connectivity index (χ2n) is 3.01. The topological polar surface area (TPSA) is 121 Å². The third-order valence-electron chi connectivity index (χ3n) is 1.68. The Hall–Kier alpha value is -1.06. The fraction of sp³-hybridized carbons (Fsp3) is 0.833. The summed E-state index contributed by atoms with van der Waals surface area (Å²) in [6.07, 6.45) is 0.203. The number of tetrazole rings is 1. The van der Waals surface area contributed by atoms with Gasteiger partial charge in [0.1, 0.15) is 0 Å². The van der Waals surface area contributed by atoms with Gasteiger partial charge in [-0.05, 0) is 13.3 Å². The molecule has 1 heterocycles. The smallest absolute Gasteiger partial charge is 0.212 e. The van der Waals surface area contributed by atoms with Crippen LogP contribution < -0.4 is 4.72 Å². The summed E-state index contributed by atoms with van der Waals surface area (Å²) < 4.78 is 25.1. The first kappa shape index (κ1) is 12.0. The summed E-state index contributed by atoms with van der Waals surface area (Å²) in [5.41, 5.74) is 0. The fourth-order valence-electron chi connectivity index (χ4n) is 0.989. The van der Waals surface area contributed by atoms with Gasteiger partial charge in [0, 0.05) is 6.61 Å². The predicted molar refractivity (Wildman–Crippen MR) is 51.2 cm³/mol. The van der Waals surface area contributed by atoms with Crippen LogP contribution in [0, 0.1) is 0 Å². The van der Waals surface area contributed by atoms with Crippen molar-refractivity contribution in [3.05, 3.63) is 5.82 Å². The van der Waals surface area contributed by atoms with E-state index < -0.39 is 16.1 Å². The zero-order valence-corrected chi connectivity index (χ0v) is 9.03. The van der Waals surface area contributed by atoms with Crippen LogP contribution in [0.1, 0.15) is 25.2 Å². The van der Waals surface area contributed by atoms with Crippen LogP contribution in [-0.2, 0) is 10.0 Å². The fourth-order valence-corrected chi connectivity index (χ4v) is 2.26. The van der Waals surface area contributed by atoms with Crippen molar-refractivity contribution in [2.24, 2.45) is 0 Å². The van der Waals surface area contributed by atoms with E-state index in [0.29, 0.717) is 0 Å². The number of aliphatic hydroxyl groups excluding tert-OH is 1. The molecule has 1 atom stereocenters. The van der Waals surface area contributed by atoms with E-state index in [9.17, 15) is 8.42 Å². The molecule has 1 aromatic rings. The molecule has 0 bridgehead atoms. The highest BCUT2D eigenvalue weighted by atomic mass is 32.2. The average Bonchev–Trinajstić information content (AvgIpc) is 2.67. The van der Waals surface area contributed by atoms with Crippen LogP contribution >= 0.6 is 0 Å². The minimum atomic E-state index is -3.40. The molecule has 0 saturated heterocycles. The maximum atomic E-state index is 11.4. The van der Waals surface area contributed by atoms with Gasteiger partial charge in [0.2, 0.25) is 10.0 Å². The number of sulfonamides is 1. The lowest BCUT2D eigenvalue weighted by Gasteiger charge is -2.09. The van der Waals surface area contributed by atoms with Crippen LogP contribution in [0.5, 0.6) is 0 Å². The Kier molecular flexibility index (Phi) is 4.12. The van der Waals surface area contributed by atoms with Gasteiger partial charge in [0.15, 0.2) is 5.82 Å². The van der Waals surface area contributed by atoms with E-state index in [0.717, 1.165) is 0 Å². The lowest BCUT2D eigenvalue weighted by molar-refractivity contribution is 0.295. The summed E-state index contributed by atoms with van der Waals surface area (Å²) in [6, 6.07) is -0.535. The number of hydrogen-bond acceptors (Lipinski definition) is 6. The number of rotatable bonds is 6. The normalized spacial score (nSPS) is 14.0. The van der Waals surface area contributed by atoms with Crippen molar-refractivity contribution >= 4 is 10.0 Å². The molecule has 0 aliphatic carbocycles. The molecule has 86 valence electrons. The van der Waals surface area contributed by atoms with Gasteiger partial charge in [-0.3, -0.25) is 0 Å². The molecule has 0 aliphatic heterocycles. The molecule has 8 nitrogen and oxygen atoms in total. The average molecular weight is 235 g/mol. The molecule has 0 fully saturated rings. The van der Waals surface area contributed by atoms with Gasteiger partial charge < -0.3 is 5.11 Å². The zero-order valence-electron chi connectivity index (χ0n) is 8.21. The molecule has 1 aromatic heterocycles. The first-order valence-electron chi connectivity index (χ1n) is 4.39. The first-order chi connectivity index (χ1) is 7.05. The number of hydrogen-bond donors (Lipinski definition) is 3. The van der Waals surface area contributed by atoms with Crippen molar-refractivity contribution in [2.45, 2.75) is 19.4 Å². The lowest BCUT2D eigenvalue weighted by Crippen LogP contribution is -2.30. The Balaban J connectivity index is 2.54. The Labute approximate surface area is 87.1 Å². The summed E-state index contributed by atoms with van der Waals surface area (Å²) in [5, 5.41) is 21.4. The van der Waals surface area contributed by atoms with Crippen LogP contribution in [-0.4, -0.2) is 46.5 Å². The molecule has 9 heteroatoms. The van der Waals surface area contributed by atoms with Crippen molar-refractivity contribution in [3.63, 3.8) is 0 Å². The quantitative estimate of drug-likeness (QED) is 0.555. The van der Waals surface area contributed by atoms with E-state index in [1.54, 1.807) is 6.92 Å². The van der Waals surface area contributed by atoms with Crippen LogP contribution in [0.15, 0.2) is 0 Å². The molecule has 0 saturated carbocycles. The van der Waals surface area contributed by atoms with E-state index in [1.165, 1.54) is 0 Å². The molecule has 0 aromatic carbocycles. The minimum Gasteiger partial charge on any atom is -0.396 e. The SMILES string of the molecule is CC(NS(=O)(=O)CCCO)c1nn[nH]n1. The third kappa shape index (κ3) is 3.90. The standard InChI is InChI=1S/C6H13N5O3S/c1-5(6-7-10-11-8-6)9-15(13,14)4-2-3-12/h5,9,12H,2-4H2,1H3,(H,7,8,10,11). The Morgan fingerprint density at radius 3 is 2.87 bits per heavy atom. The zero-order chi connectivity index (χ0) is 11.3. The Morgan fingerprint density at radius 1 is 1.60 bits per heavy atom. The molecule has 15 heavy (non-hydrogen) atoms. The second kappa shape index (κ2) is 5.14. The van der Waals surface area contributed by atoms with Crippen LogP contribution in [0.3, 0.4) is 0 Å². The van der Waals surface area contributed by atoms with Crippen LogP contribution in [0.4, 0.5) is 0 Å². The van der Waals surface area contributed by atoms with E-state index in [-0.39, 0.29) is 24.6 Å². The van der Waals surface area contributed by atoms with Gasteiger partial charge in [-0.15, -0.1) is 10.2 Å². The maximum Gasteiger partial charge on any atom is 0.212 e. The van der Waals surface area contributed by atoms with Gasteiger partial charge in [-0.2, -0.15) is 5.21 Å². The van der Waals surface area contributed by atoms with Crippen molar-refractivity contribution in [1.29, 1.82) is 0 Å². The summed E-state index contributed by atoms with van der Waals surface area (Å²) in [6.45, 7) is 1.46. The Bertz CT molecular complexity index is 375. The van der Waals surface area contributed by atoms with Crippen molar-refractivity contribution in [2.75, 3.05) is 12.4 Å². The third-order valence-corrected chi connectivity index (χ3v) is 3.22. The predicted octanol–water partition coefficient (Wildman–Crippen LogP) is -1.44. The molecular formula is C6H13N5O3S. The van der Waals surface area contributed by atoms with Gasteiger partial charge in [-0.1, -0.05) is 5.21 Å². The highest BCUT2D eigenvalue weighted by molar-refractivity contribution is 7.89. The molecule has 0 amide bonds. The van der Waals surface area contributed by atoms with E-state index in [4.69, 9.17) is 5.11 Å². The number of nitrogens with zero attached hydrogens (tertiary/aromatic N) is 3. The summed E-state index contributed by atoms with van der Waals surface area (Å²) in [4.78, 5) is 0. The van der Waals surface area contributed by atoms with E-state index in [2.05, 4.69) is 25.3 Å². The minimum absolute atomic E-state index is 0.119. The van der Waals surface area contributed by atoms with Crippen molar-refractivity contribution in [1.82, 2.24) is 25.3 Å². The van der Waals surface area contributed by atoms with E-state index >= 15 is 0 Å².